The fourth-order valence-corrected chi connectivity index (χ4v) is 4.79. The minimum absolute atomic E-state index is 0.0409. The van der Waals surface area contributed by atoms with Crippen LogP contribution in [0.15, 0.2) is 53.4 Å². The van der Waals surface area contributed by atoms with Crippen LogP contribution in [-0.4, -0.2) is 52.0 Å². The van der Waals surface area contributed by atoms with E-state index in [9.17, 15) is 17.6 Å². The normalized spacial score (nSPS) is 16.2. The molecule has 7 nitrogen and oxygen atoms in total. The molecule has 0 bridgehead atoms. The van der Waals surface area contributed by atoms with Crippen LogP contribution in [0.3, 0.4) is 0 Å². The molecule has 1 heterocycles. The van der Waals surface area contributed by atoms with Crippen molar-refractivity contribution >= 4 is 22.0 Å². The van der Waals surface area contributed by atoms with E-state index in [2.05, 4.69) is 5.32 Å². The minimum atomic E-state index is -3.76. The molecule has 1 atom stereocenters. The highest BCUT2D eigenvalue weighted by Crippen LogP contribution is 2.29. The summed E-state index contributed by atoms with van der Waals surface area (Å²) in [6.45, 7) is 3.02. The molecule has 166 valence electrons. The van der Waals surface area contributed by atoms with E-state index in [1.807, 2.05) is 0 Å². The van der Waals surface area contributed by atoms with Gasteiger partial charge >= 0.3 is 0 Å². The van der Waals surface area contributed by atoms with Crippen LogP contribution < -0.4 is 10.1 Å². The Balaban J connectivity index is 1.75. The Morgan fingerprint density at radius 3 is 2.52 bits per heavy atom. The summed E-state index contributed by atoms with van der Waals surface area (Å²) in [5.41, 5.74) is 1.31. The van der Waals surface area contributed by atoms with Gasteiger partial charge < -0.3 is 14.8 Å². The van der Waals surface area contributed by atoms with Gasteiger partial charge in [0, 0.05) is 19.2 Å². The highest BCUT2D eigenvalue weighted by molar-refractivity contribution is 7.89. The number of nitrogens with one attached hydrogen (secondary N) is 1. The molecule has 0 aliphatic carbocycles. The van der Waals surface area contributed by atoms with Crippen molar-refractivity contribution in [2.24, 2.45) is 0 Å². The Labute approximate surface area is 181 Å². The third-order valence-electron chi connectivity index (χ3n) is 4.93. The van der Waals surface area contributed by atoms with E-state index >= 15 is 0 Å². The van der Waals surface area contributed by atoms with Gasteiger partial charge in [0.15, 0.2) is 0 Å². The number of morpholine rings is 1. The number of carbonyl (C=O) groups excluding carboxylic acids is 1. The van der Waals surface area contributed by atoms with Crippen molar-refractivity contribution in [1.82, 2.24) is 9.62 Å². The maximum atomic E-state index is 13.1. The van der Waals surface area contributed by atoms with Gasteiger partial charge in [0.1, 0.15) is 16.5 Å². The second kappa shape index (κ2) is 10.0. The summed E-state index contributed by atoms with van der Waals surface area (Å²) in [5.74, 6) is -0.465. The van der Waals surface area contributed by atoms with E-state index in [0.29, 0.717) is 18.8 Å². The van der Waals surface area contributed by atoms with Crippen molar-refractivity contribution in [3.05, 3.63) is 65.5 Å². The first kappa shape index (κ1) is 22.9. The first-order chi connectivity index (χ1) is 14.8. The predicted molar refractivity (Wildman–Crippen MR) is 115 cm³/mol. The van der Waals surface area contributed by atoms with Gasteiger partial charge in [-0.1, -0.05) is 18.2 Å². The number of hydrogen-bond donors (Lipinski definition) is 1. The van der Waals surface area contributed by atoms with Crippen LogP contribution in [0.5, 0.6) is 5.75 Å². The molecule has 1 aliphatic heterocycles. The van der Waals surface area contributed by atoms with Gasteiger partial charge in [-0.15, -0.1) is 0 Å². The first-order valence-corrected chi connectivity index (χ1v) is 11.3. The molecule has 1 fully saturated rings. The molecular formula is C22H25FN2O5S. The van der Waals surface area contributed by atoms with E-state index in [4.69, 9.17) is 9.47 Å². The summed E-state index contributed by atoms with van der Waals surface area (Å²) in [5, 5.41) is 2.79. The second-order valence-corrected chi connectivity index (χ2v) is 8.95. The van der Waals surface area contributed by atoms with E-state index < -0.39 is 10.0 Å². The molecule has 1 aliphatic rings. The fraction of sp³-hybridized carbons (Fsp3) is 0.318. The molecule has 1 N–H and O–H groups in total. The lowest BCUT2D eigenvalue weighted by molar-refractivity contribution is -0.117. The number of sulfonamides is 1. The van der Waals surface area contributed by atoms with E-state index in [1.54, 1.807) is 31.2 Å². The van der Waals surface area contributed by atoms with Gasteiger partial charge in [0.25, 0.3) is 0 Å². The number of rotatable bonds is 7. The van der Waals surface area contributed by atoms with Crippen LogP contribution in [0.25, 0.3) is 6.08 Å². The molecule has 0 spiro atoms. The van der Waals surface area contributed by atoms with Gasteiger partial charge in [0.2, 0.25) is 15.9 Å². The molecule has 1 amide bonds. The summed E-state index contributed by atoms with van der Waals surface area (Å²) in [4.78, 5) is 12.3. The number of carbonyl (C=O) groups is 1. The number of methoxy groups -OCH3 is 1. The van der Waals surface area contributed by atoms with Crippen LogP contribution in [0.4, 0.5) is 4.39 Å². The quantitative estimate of drug-likeness (QED) is 0.659. The number of amides is 1. The molecular weight excluding hydrogens is 423 g/mol. The average molecular weight is 449 g/mol. The molecule has 2 aromatic rings. The monoisotopic (exact) mass is 448 g/mol. The van der Waals surface area contributed by atoms with Crippen LogP contribution in [-0.2, 0) is 19.6 Å². The first-order valence-electron chi connectivity index (χ1n) is 9.81. The Morgan fingerprint density at radius 1 is 1.19 bits per heavy atom. The smallest absolute Gasteiger partial charge is 0.246 e. The average Bonchev–Trinajstić information content (AvgIpc) is 2.78. The van der Waals surface area contributed by atoms with Crippen LogP contribution in [0.2, 0.25) is 0 Å². The number of halogens is 1. The summed E-state index contributed by atoms with van der Waals surface area (Å²) in [6, 6.07) is 10.3. The zero-order valence-electron chi connectivity index (χ0n) is 17.4. The predicted octanol–water partition coefficient (Wildman–Crippen LogP) is 2.75. The van der Waals surface area contributed by atoms with Gasteiger partial charge in [-0.05, 0) is 48.4 Å². The van der Waals surface area contributed by atoms with Crippen molar-refractivity contribution in [3.63, 3.8) is 0 Å². The van der Waals surface area contributed by atoms with Gasteiger partial charge in [-0.3, -0.25) is 4.79 Å². The number of benzene rings is 2. The van der Waals surface area contributed by atoms with Gasteiger partial charge in [0.05, 0.1) is 26.4 Å². The molecule has 31 heavy (non-hydrogen) atoms. The van der Waals surface area contributed by atoms with Crippen LogP contribution >= 0.6 is 0 Å². The molecule has 0 unspecified atom stereocenters. The van der Waals surface area contributed by atoms with E-state index in [0.717, 1.165) is 5.56 Å². The highest BCUT2D eigenvalue weighted by Gasteiger charge is 2.29. The SMILES string of the molecule is COc1ccc(/C=C/C(=O)N[C@@H](C)c2ccc(F)cc2)cc1S(=O)(=O)N1CCOCC1. The summed E-state index contributed by atoms with van der Waals surface area (Å²) >= 11 is 0. The standard InChI is InChI=1S/C22H25FN2O5S/c1-16(18-5-7-19(23)8-6-18)24-22(26)10-4-17-3-9-20(29-2)21(15-17)31(27,28)25-11-13-30-14-12-25/h3-10,15-16H,11-14H2,1-2H3,(H,24,26)/b10-4+/t16-/m0/s1. The van der Waals surface area contributed by atoms with E-state index in [-0.39, 0.29) is 41.5 Å². The summed E-state index contributed by atoms with van der Waals surface area (Å²) < 4.78 is 51.0. The summed E-state index contributed by atoms with van der Waals surface area (Å²) in [7, 11) is -2.35. The molecule has 0 aromatic heterocycles. The van der Waals surface area contributed by atoms with Crippen molar-refractivity contribution in [2.75, 3.05) is 33.4 Å². The topological polar surface area (TPSA) is 84.9 Å². The maximum absolute atomic E-state index is 13.1. The number of nitrogens with zero attached hydrogens (tertiary/aromatic N) is 1. The lowest BCUT2D eigenvalue weighted by Crippen LogP contribution is -2.40. The summed E-state index contributed by atoms with van der Waals surface area (Å²) in [6.07, 6.45) is 2.86. The number of ether oxygens (including phenoxy) is 2. The highest BCUT2D eigenvalue weighted by atomic mass is 32.2. The molecule has 3 rings (SSSR count). The third kappa shape index (κ3) is 5.69. The van der Waals surface area contributed by atoms with Crippen molar-refractivity contribution in [2.45, 2.75) is 17.9 Å². The maximum Gasteiger partial charge on any atom is 0.246 e. The van der Waals surface area contributed by atoms with Crippen LogP contribution in [0, 0.1) is 5.82 Å². The fourth-order valence-electron chi connectivity index (χ4n) is 3.19. The van der Waals surface area contributed by atoms with Crippen LogP contribution in [0.1, 0.15) is 24.1 Å². The molecule has 2 aromatic carbocycles. The zero-order chi connectivity index (χ0) is 22.4. The Kier molecular flexibility index (Phi) is 7.42. The third-order valence-corrected chi connectivity index (χ3v) is 6.85. The Hall–Kier alpha value is -2.75. The Bertz CT molecular complexity index is 1050. The Morgan fingerprint density at radius 2 is 1.87 bits per heavy atom. The van der Waals surface area contributed by atoms with Gasteiger partial charge in [-0.25, -0.2) is 12.8 Å². The second-order valence-electron chi connectivity index (χ2n) is 7.04. The largest absolute Gasteiger partial charge is 0.495 e. The van der Waals surface area contributed by atoms with E-state index in [1.165, 1.54) is 41.8 Å². The molecule has 9 heteroatoms. The molecule has 0 saturated carbocycles. The zero-order valence-corrected chi connectivity index (χ0v) is 18.2. The minimum Gasteiger partial charge on any atom is -0.495 e. The van der Waals surface area contributed by atoms with Crippen molar-refractivity contribution < 1.29 is 27.1 Å². The van der Waals surface area contributed by atoms with Crippen molar-refractivity contribution in [3.8, 4) is 5.75 Å². The lowest BCUT2D eigenvalue weighted by Gasteiger charge is -2.26. The molecule has 1 saturated heterocycles. The molecule has 0 radical (unpaired) electrons. The van der Waals surface area contributed by atoms with Crippen molar-refractivity contribution in [1.29, 1.82) is 0 Å². The number of hydrogen-bond acceptors (Lipinski definition) is 5. The lowest BCUT2D eigenvalue weighted by atomic mass is 10.1. The van der Waals surface area contributed by atoms with Gasteiger partial charge in [-0.2, -0.15) is 4.31 Å².